The molecule has 1 aliphatic rings. The smallest absolute Gasteiger partial charge is 0.220 e. The minimum absolute atomic E-state index is 0.395. The number of hydrogen-bond acceptors (Lipinski definition) is 5. The zero-order chi connectivity index (χ0) is 28.8. The van der Waals surface area contributed by atoms with Gasteiger partial charge in [0.15, 0.2) is 0 Å². The Morgan fingerprint density at radius 3 is 2.00 bits per heavy atom. The van der Waals surface area contributed by atoms with E-state index in [2.05, 4.69) is 121 Å². The number of aromatic nitrogens is 2. The molecule has 2 unspecified atom stereocenters. The lowest BCUT2D eigenvalue weighted by Gasteiger charge is -2.28. The number of benzene rings is 1. The lowest BCUT2D eigenvalue weighted by molar-refractivity contribution is 0.163. The molecule has 0 fully saturated rings. The summed E-state index contributed by atoms with van der Waals surface area (Å²) in [6, 6.07) is 7.22. The largest absolute Gasteiger partial charge is 0.368 e. The van der Waals surface area contributed by atoms with Crippen molar-refractivity contribution in [2.24, 2.45) is 17.8 Å². The van der Waals surface area contributed by atoms with Gasteiger partial charge >= 0.3 is 0 Å². The van der Waals surface area contributed by atoms with E-state index in [0.29, 0.717) is 23.2 Å². The number of allylic oxidation sites excluding steroid dienone is 1. The summed E-state index contributed by atoms with van der Waals surface area (Å²) in [5, 5.41) is 0.524. The lowest BCUT2D eigenvalue weighted by atomic mass is 9.91. The molecule has 0 saturated carbocycles. The van der Waals surface area contributed by atoms with Crippen molar-refractivity contribution >= 4 is 18.6 Å². The van der Waals surface area contributed by atoms with Crippen LogP contribution in [-0.2, 0) is 13.1 Å². The number of aryl methyl sites for hydroxylation is 3. The zero-order valence-corrected chi connectivity index (χ0v) is 26.7. The average molecular weight is 541 g/mol. The first-order valence-corrected chi connectivity index (χ1v) is 15.1. The van der Waals surface area contributed by atoms with Crippen molar-refractivity contribution in [3.05, 3.63) is 65.0 Å². The summed E-state index contributed by atoms with van der Waals surface area (Å²) in [5.41, 5.74) is 12.1. The molecule has 2 aromatic rings. The second-order valence-electron chi connectivity index (χ2n) is 11.9. The molecule has 1 aromatic carbocycles. The molecule has 3 rings (SSSR count). The van der Waals surface area contributed by atoms with Crippen molar-refractivity contribution in [1.29, 1.82) is 0 Å². The molecule has 1 aromatic heterocycles. The summed E-state index contributed by atoms with van der Waals surface area (Å²) >= 11 is 4.35. The summed E-state index contributed by atoms with van der Waals surface area (Å²) < 4.78 is 0. The second kappa shape index (κ2) is 17.7. The number of nitrogen functional groups attached to an aromatic ring is 1. The van der Waals surface area contributed by atoms with E-state index in [1.54, 1.807) is 0 Å². The summed E-state index contributed by atoms with van der Waals surface area (Å²) in [4.78, 5) is 11.0. The Labute approximate surface area is 240 Å². The molecule has 0 radical (unpaired) electrons. The Hall–Kier alpha value is -1.85. The molecular formula is C33H56N4S. The van der Waals surface area contributed by atoms with Crippen LogP contribution in [0.5, 0.6) is 0 Å². The molecular weight excluding hydrogens is 484 g/mol. The molecule has 1 aliphatic heterocycles. The van der Waals surface area contributed by atoms with Crippen LogP contribution in [0.1, 0.15) is 102 Å². The van der Waals surface area contributed by atoms with E-state index in [1.807, 2.05) is 6.20 Å². The molecule has 5 heteroatoms. The summed E-state index contributed by atoms with van der Waals surface area (Å²) in [6.45, 7) is 25.6. The predicted molar refractivity (Wildman–Crippen MR) is 171 cm³/mol. The fraction of sp³-hybridized carbons (Fsp3) is 0.636. The highest BCUT2D eigenvalue weighted by Crippen LogP contribution is 2.27. The predicted octanol–water partition coefficient (Wildman–Crippen LogP) is 8.74. The Bertz CT molecular complexity index is 904. The third-order valence-corrected chi connectivity index (χ3v) is 7.28. The highest BCUT2D eigenvalue weighted by atomic mass is 32.1. The molecule has 0 saturated heterocycles. The van der Waals surface area contributed by atoms with Gasteiger partial charge in [0, 0.05) is 30.9 Å². The van der Waals surface area contributed by atoms with Gasteiger partial charge in [0.25, 0.3) is 0 Å². The summed E-state index contributed by atoms with van der Waals surface area (Å²) in [7, 11) is 0. The van der Waals surface area contributed by atoms with Gasteiger partial charge in [0.05, 0.1) is 5.69 Å². The van der Waals surface area contributed by atoms with E-state index in [1.165, 1.54) is 54.4 Å². The van der Waals surface area contributed by atoms with Gasteiger partial charge in [-0.15, -0.1) is 6.58 Å². The Balaban J connectivity index is 0.000000310. The fourth-order valence-corrected chi connectivity index (χ4v) is 5.29. The first-order valence-electron chi connectivity index (χ1n) is 14.6. The van der Waals surface area contributed by atoms with E-state index in [9.17, 15) is 0 Å². The van der Waals surface area contributed by atoms with Crippen LogP contribution in [0.25, 0.3) is 0 Å². The Morgan fingerprint density at radius 2 is 1.55 bits per heavy atom. The van der Waals surface area contributed by atoms with Gasteiger partial charge in [-0.2, -0.15) is 12.6 Å². The Morgan fingerprint density at radius 1 is 0.974 bits per heavy atom. The molecule has 38 heavy (non-hydrogen) atoms. The van der Waals surface area contributed by atoms with Crippen LogP contribution in [0.2, 0.25) is 0 Å². The van der Waals surface area contributed by atoms with E-state index in [0.717, 1.165) is 30.6 Å². The quantitative estimate of drug-likeness (QED) is 0.234. The maximum absolute atomic E-state index is 5.65. The standard InChI is InChI=1S/C14H24N4.C10H20S.C9H12/c1-4-5-12(6-10(2)3)18-8-11-7-16-14(15)17-13(11)9-18;1-5-10(8(2)3)7-6-9(4)11;1-7-4-8(2)6-9(3)5-7/h7,10,12H,4-6,8-9H2,1-3H3,(H2,15,16,17);5,8-11H,1,6-7H2,2-4H3;4-6H,1-3H3/t12-;;/m1../s1. The molecule has 4 nitrogen and oxygen atoms in total. The van der Waals surface area contributed by atoms with Crippen molar-refractivity contribution in [3.8, 4) is 0 Å². The number of nitrogens with zero attached hydrogens (tertiary/aromatic N) is 3. The first-order chi connectivity index (χ1) is 17.9. The normalized spacial score (nSPS) is 15.2. The molecule has 0 bridgehead atoms. The van der Waals surface area contributed by atoms with Crippen LogP contribution in [0.15, 0.2) is 37.1 Å². The molecule has 2 N–H and O–H groups in total. The maximum Gasteiger partial charge on any atom is 0.220 e. The summed E-state index contributed by atoms with van der Waals surface area (Å²) in [5.74, 6) is 2.53. The third kappa shape index (κ3) is 13.3. The van der Waals surface area contributed by atoms with Crippen LogP contribution in [-0.4, -0.2) is 26.2 Å². The average Bonchev–Trinajstić information content (AvgIpc) is 3.21. The first kappa shape index (κ1) is 34.2. The van der Waals surface area contributed by atoms with Crippen molar-refractivity contribution in [3.63, 3.8) is 0 Å². The van der Waals surface area contributed by atoms with E-state index >= 15 is 0 Å². The molecule has 0 aliphatic carbocycles. The highest BCUT2D eigenvalue weighted by Gasteiger charge is 2.27. The second-order valence-corrected chi connectivity index (χ2v) is 12.8. The highest BCUT2D eigenvalue weighted by molar-refractivity contribution is 7.80. The molecule has 214 valence electrons. The number of fused-ring (bicyclic) bond motifs is 1. The van der Waals surface area contributed by atoms with E-state index in [-0.39, 0.29) is 0 Å². The van der Waals surface area contributed by atoms with Crippen LogP contribution < -0.4 is 5.73 Å². The van der Waals surface area contributed by atoms with Crippen molar-refractivity contribution in [2.45, 2.75) is 119 Å². The molecule has 3 atom stereocenters. The van der Waals surface area contributed by atoms with Gasteiger partial charge in [-0.3, -0.25) is 4.90 Å². The van der Waals surface area contributed by atoms with Gasteiger partial charge in [0.1, 0.15) is 0 Å². The van der Waals surface area contributed by atoms with E-state index in [4.69, 9.17) is 5.73 Å². The minimum atomic E-state index is 0.395. The van der Waals surface area contributed by atoms with Gasteiger partial charge in [-0.1, -0.05) is 88.9 Å². The number of rotatable bonds is 10. The minimum Gasteiger partial charge on any atom is -0.368 e. The van der Waals surface area contributed by atoms with Crippen molar-refractivity contribution in [2.75, 3.05) is 5.73 Å². The van der Waals surface area contributed by atoms with Crippen molar-refractivity contribution < 1.29 is 0 Å². The van der Waals surface area contributed by atoms with E-state index < -0.39 is 0 Å². The van der Waals surface area contributed by atoms with Gasteiger partial charge < -0.3 is 5.73 Å². The van der Waals surface area contributed by atoms with Gasteiger partial charge in [-0.05, 0) is 69.5 Å². The molecule has 0 spiro atoms. The van der Waals surface area contributed by atoms with Crippen molar-refractivity contribution in [1.82, 2.24) is 14.9 Å². The number of thiol groups is 1. The number of nitrogens with two attached hydrogens (primary N) is 1. The Kier molecular flexibility index (Phi) is 15.9. The van der Waals surface area contributed by atoms with Gasteiger partial charge in [0.2, 0.25) is 5.95 Å². The number of hydrogen-bond donors (Lipinski definition) is 2. The van der Waals surface area contributed by atoms with Gasteiger partial charge in [-0.25, -0.2) is 9.97 Å². The maximum atomic E-state index is 5.65. The third-order valence-electron chi connectivity index (χ3n) is 7.02. The van der Waals surface area contributed by atoms with Crippen LogP contribution in [0.4, 0.5) is 5.95 Å². The zero-order valence-electron chi connectivity index (χ0n) is 25.8. The summed E-state index contributed by atoms with van der Waals surface area (Å²) in [6.07, 6.45) is 10.1. The van der Waals surface area contributed by atoms with Crippen LogP contribution >= 0.6 is 12.6 Å². The molecule has 2 heterocycles. The fourth-order valence-electron chi connectivity index (χ4n) is 5.14. The monoisotopic (exact) mass is 540 g/mol. The van der Waals surface area contributed by atoms with Crippen LogP contribution in [0, 0.1) is 38.5 Å². The molecule has 0 amide bonds. The van der Waals surface area contributed by atoms with Crippen LogP contribution in [0.3, 0.4) is 0 Å². The lowest BCUT2D eigenvalue weighted by Crippen LogP contribution is -2.31. The topological polar surface area (TPSA) is 55.0 Å². The SMILES string of the molecule is C=CC(CCC(C)S)C(C)C.CCC[C@H](CC(C)C)N1Cc2cnc(N)nc2C1.Cc1cc(C)cc(C)c1. The number of anilines is 1.